The number of imidazole rings is 1. The third kappa shape index (κ3) is 3.52. The van der Waals surface area contributed by atoms with Gasteiger partial charge in [0.2, 0.25) is 5.82 Å². The molecule has 0 aliphatic carbocycles. The van der Waals surface area contributed by atoms with E-state index < -0.39 is 0 Å². The van der Waals surface area contributed by atoms with Gasteiger partial charge in [-0.3, -0.25) is 0 Å². The van der Waals surface area contributed by atoms with Crippen LogP contribution in [0.3, 0.4) is 0 Å². The number of aromatic nitrogens is 4. The number of nitrogens with zero attached hydrogens (tertiary/aromatic N) is 5. The van der Waals surface area contributed by atoms with E-state index in [1.807, 2.05) is 32.2 Å². The Balaban J connectivity index is 1.32. The van der Waals surface area contributed by atoms with Crippen molar-refractivity contribution >= 4 is 11.2 Å². The van der Waals surface area contributed by atoms with Crippen molar-refractivity contribution in [2.24, 2.45) is 13.0 Å². The number of nitrogens with one attached hydrogen (secondary N) is 1. The first-order valence-corrected chi connectivity index (χ1v) is 10.7. The van der Waals surface area contributed by atoms with Crippen molar-refractivity contribution in [3.8, 4) is 23.1 Å². The van der Waals surface area contributed by atoms with Crippen LogP contribution in [0.1, 0.15) is 43.5 Å². The third-order valence-electron chi connectivity index (χ3n) is 6.46. The molecule has 2 fully saturated rings. The van der Waals surface area contributed by atoms with Crippen molar-refractivity contribution in [1.82, 2.24) is 24.8 Å². The van der Waals surface area contributed by atoms with Crippen molar-refractivity contribution in [3.05, 3.63) is 35.9 Å². The van der Waals surface area contributed by atoms with Crippen LogP contribution in [0.5, 0.6) is 5.75 Å². The second kappa shape index (κ2) is 7.69. The van der Waals surface area contributed by atoms with Gasteiger partial charge in [-0.25, -0.2) is 9.97 Å². The Kier molecular flexibility index (Phi) is 4.87. The smallest absolute Gasteiger partial charge is 0.234 e. The van der Waals surface area contributed by atoms with Gasteiger partial charge >= 0.3 is 0 Å². The summed E-state index contributed by atoms with van der Waals surface area (Å²) in [5.41, 5.74) is 4.00. The largest absolute Gasteiger partial charge is 0.493 e. The molecule has 2 bridgehead atoms. The number of nitriles is 1. The van der Waals surface area contributed by atoms with Gasteiger partial charge in [-0.15, -0.1) is 0 Å². The molecule has 2 atom stereocenters. The maximum Gasteiger partial charge on any atom is 0.234 e. The molecule has 3 aromatic rings. The lowest BCUT2D eigenvalue weighted by Crippen LogP contribution is -2.38. The van der Waals surface area contributed by atoms with Crippen LogP contribution in [-0.2, 0) is 7.05 Å². The average molecular weight is 403 g/mol. The van der Waals surface area contributed by atoms with Crippen LogP contribution in [0.25, 0.3) is 22.4 Å². The Morgan fingerprint density at radius 2 is 2.03 bits per heavy atom. The Hall–Kier alpha value is -2.98. The van der Waals surface area contributed by atoms with Crippen LogP contribution in [0.4, 0.5) is 0 Å². The zero-order chi connectivity index (χ0) is 20.7. The molecule has 2 unspecified atom stereocenters. The minimum atomic E-state index is 0.148. The summed E-state index contributed by atoms with van der Waals surface area (Å²) in [6, 6.07) is 9.55. The first-order chi connectivity index (χ1) is 14.6. The molecule has 2 aliphatic heterocycles. The second-order valence-corrected chi connectivity index (χ2v) is 8.63. The van der Waals surface area contributed by atoms with Crippen LogP contribution in [0, 0.1) is 24.2 Å². The van der Waals surface area contributed by atoms with Gasteiger partial charge in [0, 0.05) is 24.7 Å². The van der Waals surface area contributed by atoms with Crippen molar-refractivity contribution in [2.45, 2.75) is 51.1 Å². The van der Waals surface area contributed by atoms with E-state index >= 15 is 0 Å². The summed E-state index contributed by atoms with van der Waals surface area (Å²) in [6.45, 7) is 2.80. The summed E-state index contributed by atoms with van der Waals surface area (Å²) in [7, 11) is 1.86. The van der Waals surface area contributed by atoms with Crippen molar-refractivity contribution in [2.75, 3.05) is 6.61 Å². The highest BCUT2D eigenvalue weighted by atomic mass is 16.5. The standard InChI is InChI=1S/C23H26N6O/c1-14-9-16(21-22-23(29(2)13-25-22)28-20(12-24)27-21)3-6-19(14)30-8-7-15-10-17-4-5-18(11-15)26-17/h3,6,9,13,15,17-18,26H,4-5,7-8,10-11H2,1-2H3. The van der Waals surface area contributed by atoms with Gasteiger partial charge in [0.25, 0.3) is 0 Å². The summed E-state index contributed by atoms with van der Waals surface area (Å²) < 4.78 is 7.94. The molecule has 0 amide bonds. The molecule has 4 heterocycles. The van der Waals surface area contributed by atoms with E-state index in [0.717, 1.165) is 47.9 Å². The van der Waals surface area contributed by atoms with E-state index in [1.165, 1.54) is 25.7 Å². The molecule has 7 nitrogen and oxygen atoms in total. The minimum Gasteiger partial charge on any atom is -0.493 e. The topological polar surface area (TPSA) is 88.7 Å². The summed E-state index contributed by atoms with van der Waals surface area (Å²) >= 11 is 0. The quantitative estimate of drug-likeness (QED) is 0.703. The number of benzene rings is 1. The summed E-state index contributed by atoms with van der Waals surface area (Å²) in [4.78, 5) is 13.1. The highest BCUT2D eigenvalue weighted by molar-refractivity contribution is 5.87. The molecule has 154 valence electrons. The Bertz CT molecular complexity index is 1120. The number of aryl methyl sites for hydroxylation is 2. The Morgan fingerprint density at radius 1 is 1.23 bits per heavy atom. The molecule has 7 heteroatoms. The fourth-order valence-electron chi connectivity index (χ4n) is 4.96. The van der Waals surface area contributed by atoms with Crippen LogP contribution in [-0.4, -0.2) is 38.2 Å². The van der Waals surface area contributed by atoms with Gasteiger partial charge in [-0.05, 0) is 68.7 Å². The zero-order valence-electron chi connectivity index (χ0n) is 17.4. The molecular weight excluding hydrogens is 376 g/mol. The fourth-order valence-corrected chi connectivity index (χ4v) is 4.96. The summed E-state index contributed by atoms with van der Waals surface area (Å²) in [5.74, 6) is 1.82. The van der Waals surface area contributed by atoms with Gasteiger partial charge in [-0.1, -0.05) is 0 Å². The highest BCUT2D eigenvalue weighted by Gasteiger charge is 2.33. The molecule has 2 aliphatic rings. The molecule has 30 heavy (non-hydrogen) atoms. The van der Waals surface area contributed by atoms with Crippen LogP contribution in [0.15, 0.2) is 24.5 Å². The summed E-state index contributed by atoms with van der Waals surface area (Å²) in [5, 5.41) is 13.0. The van der Waals surface area contributed by atoms with Crippen molar-refractivity contribution < 1.29 is 4.74 Å². The van der Waals surface area contributed by atoms with Crippen LogP contribution in [0.2, 0.25) is 0 Å². The monoisotopic (exact) mass is 402 g/mol. The molecule has 0 saturated carbocycles. The van der Waals surface area contributed by atoms with Crippen LogP contribution >= 0.6 is 0 Å². The zero-order valence-corrected chi connectivity index (χ0v) is 17.4. The second-order valence-electron chi connectivity index (χ2n) is 8.63. The van der Waals surface area contributed by atoms with Crippen molar-refractivity contribution in [1.29, 1.82) is 5.26 Å². The molecule has 5 rings (SSSR count). The SMILES string of the molecule is Cc1cc(-c2nc(C#N)nc3c2ncn3C)ccc1OCCC1CC2CCC(C1)N2. The van der Waals surface area contributed by atoms with Gasteiger partial charge in [-0.2, -0.15) is 10.2 Å². The molecule has 0 spiro atoms. The molecule has 1 N–H and O–H groups in total. The first-order valence-electron chi connectivity index (χ1n) is 10.7. The van der Waals surface area contributed by atoms with Crippen LogP contribution < -0.4 is 10.1 Å². The number of rotatable bonds is 5. The number of hydrogen-bond donors (Lipinski definition) is 1. The lowest BCUT2D eigenvalue weighted by Gasteiger charge is -2.29. The molecule has 2 aromatic heterocycles. The number of piperidine rings is 1. The first kappa shape index (κ1) is 19.0. The van der Waals surface area contributed by atoms with Crippen molar-refractivity contribution in [3.63, 3.8) is 0 Å². The van der Waals surface area contributed by atoms with E-state index in [0.29, 0.717) is 16.9 Å². The Morgan fingerprint density at radius 3 is 2.77 bits per heavy atom. The highest BCUT2D eigenvalue weighted by Crippen LogP contribution is 2.33. The minimum absolute atomic E-state index is 0.148. The fraction of sp³-hybridized carbons (Fsp3) is 0.478. The predicted molar refractivity (Wildman–Crippen MR) is 114 cm³/mol. The number of fused-ring (bicyclic) bond motifs is 3. The maximum atomic E-state index is 9.31. The predicted octanol–water partition coefficient (Wildman–Crippen LogP) is 3.51. The molecule has 0 radical (unpaired) electrons. The normalized spacial score (nSPS) is 22.9. The van der Waals surface area contributed by atoms with Gasteiger partial charge in [0.15, 0.2) is 5.65 Å². The van der Waals surface area contributed by atoms with Gasteiger partial charge in [0.1, 0.15) is 23.0 Å². The van der Waals surface area contributed by atoms with E-state index in [2.05, 4.69) is 26.3 Å². The van der Waals surface area contributed by atoms with E-state index in [-0.39, 0.29) is 5.82 Å². The lowest BCUT2D eigenvalue weighted by molar-refractivity contribution is 0.226. The lowest BCUT2D eigenvalue weighted by atomic mass is 9.90. The van der Waals surface area contributed by atoms with Gasteiger partial charge < -0.3 is 14.6 Å². The molecule has 1 aromatic carbocycles. The van der Waals surface area contributed by atoms with Gasteiger partial charge in [0.05, 0.1) is 12.9 Å². The molecule has 2 saturated heterocycles. The maximum absolute atomic E-state index is 9.31. The molecular formula is C23H26N6O. The Labute approximate surface area is 176 Å². The number of hydrogen-bond acceptors (Lipinski definition) is 6. The summed E-state index contributed by atoms with van der Waals surface area (Å²) in [6.07, 6.45) is 8.05. The average Bonchev–Trinajstić information content (AvgIpc) is 3.30. The van der Waals surface area contributed by atoms with E-state index in [9.17, 15) is 5.26 Å². The number of ether oxygens (including phenoxy) is 1. The van der Waals surface area contributed by atoms with E-state index in [4.69, 9.17) is 4.74 Å². The van der Waals surface area contributed by atoms with E-state index in [1.54, 1.807) is 10.9 Å². The third-order valence-corrected chi connectivity index (χ3v) is 6.46.